The van der Waals surface area contributed by atoms with Gasteiger partial charge in [0.1, 0.15) is 0 Å². The SMILES string of the molecule is Cc1ccc(-c2cc(-c3ccccc3)cc(-c3ccccc3)n2)cc1-c1ccc(-c2ccc3c(c2)-c2ccccc2C32CCCCC2)cc1. The quantitative estimate of drug-likeness (QED) is 0.185. The van der Waals surface area contributed by atoms with Crippen molar-refractivity contribution in [2.45, 2.75) is 44.4 Å². The predicted molar refractivity (Wildman–Crippen MR) is 205 cm³/mol. The molecule has 236 valence electrons. The minimum absolute atomic E-state index is 0.201. The van der Waals surface area contributed by atoms with Crippen molar-refractivity contribution >= 4 is 0 Å². The molecule has 0 atom stereocenters. The third-order valence-corrected chi connectivity index (χ3v) is 11.0. The third-order valence-electron chi connectivity index (χ3n) is 11.0. The second kappa shape index (κ2) is 12.2. The Balaban J connectivity index is 1.07. The molecule has 49 heavy (non-hydrogen) atoms. The van der Waals surface area contributed by atoms with Crippen LogP contribution in [0.15, 0.2) is 158 Å². The van der Waals surface area contributed by atoms with Crippen LogP contribution in [-0.4, -0.2) is 4.98 Å². The Morgan fingerprint density at radius 2 is 0.939 bits per heavy atom. The molecule has 1 heteroatoms. The van der Waals surface area contributed by atoms with E-state index in [1.165, 1.54) is 82.2 Å². The number of aryl methyl sites for hydroxylation is 1. The van der Waals surface area contributed by atoms with Crippen molar-refractivity contribution in [3.63, 3.8) is 0 Å². The number of hydrogen-bond acceptors (Lipinski definition) is 1. The fourth-order valence-corrected chi connectivity index (χ4v) is 8.51. The van der Waals surface area contributed by atoms with E-state index in [9.17, 15) is 0 Å². The third kappa shape index (κ3) is 5.22. The second-order valence-electron chi connectivity index (χ2n) is 13.9. The first-order valence-corrected chi connectivity index (χ1v) is 17.8. The Bertz CT molecular complexity index is 2230. The molecule has 1 fully saturated rings. The van der Waals surface area contributed by atoms with Crippen LogP contribution in [0.4, 0.5) is 0 Å². The molecule has 1 aromatic heterocycles. The highest BCUT2D eigenvalue weighted by molar-refractivity contribution is 5.86. The van der Waals surface area contributed by atoms with Crippen molar-refractivity contribution in [1.82, 2.24) is 4.98 Å². The first kappa shape index (κ1) is 29.6. The molecule has 0 radical (unpaired) electrons. The summed E-state index contributed by atoms with van der Waals surface area (Å²) in [6.07, 6.45) is 6.53. The number of pyridine rings is 1. The van der Waals surface area contributed by atoms with E-state index in [2.05, 4.69) is 165 Å². The van der Waals surface area contributed by atoms with Crippen molar-refractivity contribution in [3.8, 4) is 67.0 Å². The first-order valence-electron chi connectivity index (χ1n) is 17.8. The minimum Gasteiger partial charge on any atom is -0.248 e. The summed E-state index contributed by atoms with van der Waals surface area (Å²) in [5.74, 6) is 0. The zero-order valence-corrected chi connectivity index (χ0v) is 28.0. The summed E-state index contributed by atoms with van der Waals surface area (Å²) in [5.41, 5.74) is 19.0. The Hall–Kier alpha value is -5.53. The fourth-order valence-electron chi connectivity index (χ4n) is 8.51. The first-order chi connectivity index (χ1) is 24.2. The molecule has 0 bridgehead atoms. The second-order valence-corrected chi connectivity index (χ2v) is 13.9. The van der Waals surface area contributed by atoms with Gasteiger partial charge in [-0.15, -0.1) is 0 Å². The maximum atomic E-state index is 5.19. The highest BCUT2D eigenvalue weighted by Gasteiger charge is 2.43. The van der Waals surface area contributed by atoms with Gasteiger partial charge in [-0.25, -0.2) is 4.98 Å². The Labute approximate surface area is 290 Å². The van der Waals surface area contributed by atoms with E-state index in [-0.39, 0.29) is 5.41 Å². The maximum Gasteiger partial charge on any atom is 0.0715 e. The molecule has 7 aromatic rings. The van der Waals surface area contributed by atoms with Gasteiger partial charge in [0.05, 0.1) is 11.4 Å². The molecule has 1 spiro atoms. The van der Waals surface area contributed by atoms with E-state index in [4.69, 9.17) is 4.98 Å². The molecular formula is C48H39N. The average molecular weight is 630 g/mol. The lowest BCUT2D eigenvalue weighted by Gasteiger charge is -2.36. The summed E-state index contributed by atoms with van der Waals surface area (Å²) >= 11 is 0. The molecule has 0 amide bonds. The number of hydrogen-bond donors (Lipinski definition) is 0. The smallest absolute Gasteiger partial charge is 0.0715 e. The average Bonchev–Trinajstić information content (AvgIpc) is 3.44. The molecule has 1 heterocycles. The molecule has 9 rings (SSSR count). The summed E-state index contributed by atoms with van der Waals surface area (Å²) in [7, 11) is 0. The van der Waals surface area contributed by atoms with Crippen molar-refractivity contribution in [2.75, 3.05) is 0 Å². The molecule has 0 unspecified atom stereocenters. The summed E-state index contributed by atoms with van der Waals surface area (Å²) in [4.78, 5) is 5.19. The standard InChI is InChI=1S/C48H39N/c1-33-19-20-39(47-32-40(34-13-5-2-6-14-34)31-46(49-47)37-15-7-3-8-16-37)30-42(33)36-23-21-35(22-24-36)38-25-26-45-43(29-38)41-17-9-10-18-44(41)48(45)27-11-4-12-28-48/h2-3,5-10,13-26,29-32H,4,11-12,27-28H2,1H3. The van der Waals surface area contributed by atoms with Crippen LogP contribution in [0.5, 0.6) is 0 Å². The van der Waals surface area contributed by atoms with Crippen molar-refractivity contribution < 1.29 is 0 Å². The molecule has 2 aliphatic rings. The molecule has 0 aliphatic heterocycles. The Kier molecular flexibility index (Phi) is 7.35. The van der Waals surface area contributed by atoms with Crippen LogP contribution in [0.3, 0.4) is 0 Å². The molecule has 0 N–H and O–H groups in total. The van der Waals surface area contributed by atoms with Crippen LogP contribution < -0.4 is 0 Å². The molecular weight excluding hydrogens is 591 g/mol. The van der Waals surface area contributed by atoms with Crippen LogP contribution in [0.1, 0.15) is 48.8 Å². The zero-order valence-electron chi connectivity index (χ0n) is 28.0. The monoisotopic (exact) mass is 629 g/mol. The molecule has 0 saturated heterocycles. The number of aromatic nitrogens is 1. The lowest BCUT2D eigenvalue weighted by atomic mass is 9.68. The van der Waals surface area contributed by atoms with Crippen LogP contribution in [0.2, 0.25) is 0 Å². The summed E-state index contributed by atoms with van der Waals surface area (Å²) < 4.78 is 0. The van der Waals surface area contributed by atoms with E-state index in [1.807, 2.05) is 0 Å². The number of nitrogens with zero attached hydrogens (tertiary/aromatic N) is 1. The Morgan fingerprint density at radius 1 is 0.388 bits per heavy atom. The lowest BCUT2D eigenvalue weighted by molar-refractivity contribution is 0.353. The van der Waals surface area contributed by atoms with Gasteiger partial charge in [0.2, 0.25) is 0 Å². The van der Waals surface area contributed by atoms with Gasteiger partial charge in [-0.05, 0) is 105 Å². The molecule has 6 aromatic carbocycles. The van der Waals surface area contributed by atoms with E-state index in [0.29, 0.717) is 0 Å². The van der Waals surface area contributed by atoms with Gasteiger partial charge in [-0.2, -0.15) is 0 Å². The largest absolute Gasteiger partial charge is 0.248 e. The fraction of sp³-hybridized carbons (Fsp3) is 0.146. The van der Waals surface area contributed by atoms with E-state index >= 15 is 0 Å². The topological polar surface area (TPSA) is 12.9 Å². The summed E-state index contributed by atoms with van der Waals surface area (Å²) in [5, 5.41) is 0. The number of fused-ring (bicyclic) bond motifs is 5. The van der Waals surface area contributed by atoms with Gasteiger partial charge in [-0.1, -0.05) is 153 Å². The van der Waals surface area contributed by atoms with Gasteiger partial charge >= 0.3 is 0 Å². The van der Waals surface area contributed by atoms with Crippen LogP contribution in [-0.2, 0) is 5.41 Å². The summed E-state index contributed by atoms with van der Waals surface area (Å²) in [6, 6.07) is 57.8. The zero-order chi connectivity index (χ0) is 32.8. The van der Waals surface area contributed by atoms with Crippen LogP contribution in [0.25, 0.3) is 67.0 Å². The van der Waals surface area contributed by atoms with Gasteiger partial charge in [0.25, 0.3) is 0 Å². The molecule has 2 aliphatic carbocycles. The van der Waals surface area contributed by atoms with Gasteiger partial charge in [0.15, 0.2) is 0 Å². The van der Waals surface area contributed by atoms with Crippen molar-refractivity contribution in [1.29, 1.82) is 0 Å². The maximum absolute atomic E-state index is 5.19. The van der Waals surface area contributed by atoms with Crippen molar-refractivity contribution in [3.05, 3.63) is 174 Å². The van der Waals surface area contributed by atoms with Gasteiger partial charge in [-0.3, -0.25) is 0 Å². The number of benzene rings is 6. The lowest BCUT2D eigenvalue weighted by Crippen LogP contribution is -2.27. The molecule has 1 saturated carbocycles. The van der Waals surface area contributed by atoms with Gasteiger partial charge < -0.3 is 0 Å². The highest BCUT2D eigenvalue weighted by atomic mass is 14.7. The number of rotatable bonds is 5. The normalized spacial score (nSPS) is 14.4. The summed E-state index contributed by atoms with van der Waals surface area (Å²) in [6.45, 7) is 2.20. The van der Waals surface area contributed by atoms with Crippen molar-refractivity contribution in [2.24, 2.45) is 0 Å². The van der Waals surface area contributed by atoms with E-state index in [0.717, 1.165) is 22.5 Å². The molecule has 1 nitrogen and oxygen atoms in total. The van der Waals surface area contributed by atoms with Gasteiger partial charge in [0, 0.05) is 16.5 Å². The minimum atomic E-state index is 0.201. The van der Waals surface area contributed by atoms with Crippen LogP contribution in [0, 0.1) is 6.92 Å². The van der Waals surface area contributed by atoms with Crippen LogP contribution >= 0.6 is 0 Å². The van der Waals surface area contributed by atoms with E-state index < -0.39 is 0 Å². The predicted octanol–water partition coefficient (Wildman–Crippen LogP) is 13.0. The highest BCUT2D eigenvalue weighted by Crippen LogP contribution is 2.56. The Morgan fingerprint density at radius 3 is 1.69 bits per heavy atom. The van der Waals surface area contributed by atoms with E-state index in [1.54, 1.807) is 11.1 Å².